The largest absolute Gasteiger partial charge is 0.481 e. The highest BCUT2D eigenvalue weighted by Crippen LogP contribution is 1.86. The van der Waals surface area contributed by atoms with E-state index in [0.717, 1.165) is 0 Å². The zero-order chi connectivity index (χ0) is 13.6. The van der Waals surface area contributed by atoms with Gasteiger partial charge in [-0.05, 0) is 13.8 Å². The Hall–Kier alpha value is -1.40. The lowest BCUT2D eigenvalue weighted by atomic mass is 10.3. The minimum Gasteiger partial charge on any atom is -0.481 e. The smallest absolute Gasteiger partial charge is 0.303 e. The fourth-order valence-electron chi connectivity index (χ4n) is 0.214. The number of carbonyl (C=O) groups is 2. The van der Waals surface area contributed by atoms with Gasteiger partial charge in [0.15, 0.2) is 0 Å². The fourth-order valence-corrected chi connectivity index (χ4v) is 0.214. The molecule has 0 aliphatic carbocycles. The normalized spacial score (nSPS) is 7.75. The first-order chi connectivity index (χ1) is 7.27. The van der Waals surface area contributed by atoms with Crippen LogP contribution >= 0.6 is 0 Å². The van der Waals surface area contributed by atoms with Crippen molar-refractivity contribution >= 4 is 11.9 Å². The van der Waals surface area contributed by atoms with Crippen LogP contribution in [0.3, 0.4) is 0 Å². The summed E-state index contributed by atoms with van der Waals surface area (Å²) in [6, 6.07) is 0. The molecule has 6 heteroatoms. The number of hydrogen-bond acceptors (Lipinski definition) is 4. The van der Waals surface area contributed by atoms with Gasteiger partial charge in [0.25, 0.3) is 0 Å². The highest BCUT2D eigenvalue weighted by molar-refractivity contribution is 5.75. The molecule has 0 aromatic rings. The first-order valence-corrected chi connectivity index (χ1v) is 4.64. The Morgan fingerprint density at radius 1 is 1.12 bits per heavy atom. The molecule has 0 aromatic carbocycles. The first-order valence-electron chi connectivity index (χ1n) is 4.64. The molecule has 0 saturated heterocycles. The number of aliphatic carboxylic acids is 2. The molecule has 0 bridgehead atoms. The van der Waals surface area contributed by atoms with E-state index in [1.54, 1.807) is 0 Å². The molecular weight excluding hydrogens is 214 g/mol. The second-order valence-electron chi connectivity index (χ2n) is 3.01. The molecule has 0 aliphatic rings. The van der Waals surface area contributed by atoms with Crippen LogP contribution in [0.1, 0.15) is 26.7 Å². The molecule has 0 amide bonds. The number of aliphatic hydroxyl groups is 1. The van der Waals surface area contributed by atoms with E-state index in [2.05, 4.69) is 6.58 Å². The van der Waals surface area contributed by atoms with Crippen molar-refractivity contribution in [3.05, 3.63) is 12.2 Å². The van der Waals surface area contributed by atoms with Crippen molar-refractivity contribution in [2.75, 3.05) is 13.2 Å². The maximum atomic E-state index is 9.64. The minimum absolute atomic E-state index is 0.0972. The molecule has 0 radical (unpaired) electrons. The van der Waals surface area contributed by atoms with Crippen LogP contribution < -0.4 is 5.73 Å². The zero-order valence-electron chi connectivity index (χ0n) is 9.77. The minimum atomic E-state index is -1.08. The van der Waals surface area contributed by atoms with E-state index >= 15 is 0 Å². The maximum absolute atomic E-state index is 9.64. The SMILES string of the molecule is C=C(C)C.NCCO.O=C(O)CCC(=O)O. The van der Waals surface area contributed by atoms with Crippen molar-refractivity contribution < 1.29 is 24.9 Å². The number of carboxylic acids is 2. The van der Waals surface area contributed by atoms with Gasteiger partial charge in [0, 0.05) is 6.54 Å². The molecule has 0 rings (SSSR count). The topological polar surface area (TPSA) is 121 Å². The molecule has 0 unspecified atom stereocenters. The van der Waals surface area contributed by atoms with Gasteiger partial charge in [-0.1, -0.05) is 5.57 Å². The summed E-state index contributed by atoms with van der Waals surface area (Å²) in [7, 11) is 0. The van der Waals surface area contributed by atoms with Crippen molar-refractivity contribution in [2.45, 2.75) is 26.7 Å². The molecule has 16 heavy (non-hydrogen) atoms. The summed E-state index contributed by atoms with van der Waals surface area (Å²) in [5.74, 6) is -2.15. The van der Waals surface area contributed by atoms with Gasteiger partial charge in [0.05, 0.1) is 19.4 Å². The van der Waals surface area contributed by atoms with E-state index in [1.807, 2.05) is 13.8 Å². The van der Waals surface area contributed by atoms with Gasteiger partial charge in [0.2, 0.25) is 0 Å². The van der Waals surface area contributed by atoms with E-state index in [-0.39, 0.29) is 19.4 Å². The quantitative estimate of drug-likeness (QED) is 0.525. The second-order valence-corrected chi connectivity index (χ2v) is 3.01. The van der Waals surface area contributed by atoms with Crippen molar-refractivity contribution in [1.82, 2.24) is 0 Å². The molecule has 0 fully saturated rings. The van der Waals surface area contributed by atoms with Crippen LogP contribution in [0.15, 0.2) is 12.2 Å². The molecule has 0 spiro atoms. The number of rotatable bonds is 4. The van der Waals surface area contributed by atoms with Crippen molar-refractivity contribution in [2.24, 2.45) is 5.73 Å². The van der Waals surface area contributed by atoms with Crippen LogP contribution in [-0.4, -0.2) is 40.4 Å². The monoisotopic (exact) mass is 235 g/mol. The highest BCUT2D eigenvalue weighted by atomic mass is 16.4. The Kier molecular flexibility index (Phi) is 20.1. The molecule has 5 N–H and O–H groups in total. The number of allylic oxidation sites excluding steroid dienone is 1. The summed E-state index contributed by atoms with van der Waals surface area (Å²) in [6.45, 7) is 7.97. The van der Waals surface area contributed by atoms with Crippen LogP contribution in [0.5, 0.6) is 0 Å². The standard InChI is InChI=1S/C4H6O4.C4H8.C2H7NO/c5-3(6)1-2-4(7)8;1-4(2)3;3-1-2-4/h1-2H2,(H,5,6)(H,7,8);1H2,2-3H3;4H,1-3H2. The average molecular weight is 235 g/mol. The van der Waals surface area contributed by atoms with Gasteiger partial charge in [0.1, 0.15) is 0 Å². The molecule has 96 valence electrons. The summed E-state index contributed by atoms with van der Waals surface area (Å²) in [4.78, 5) is 19.3. The lowest BCUT2D eigenvalue weighted by Crippen LogP contribution is -2.02. The third-order valence-corrected chi connectivity index (χ3v) is 0.682. The van der Waals surface area contributed by atoms with E-state index in [0.29, 0.717) is 6.54 Å². The lowest BCUT2D eigenvalue weighted by Gasteiger charge is -1.85. The third-order valence-electron chi connectivity index (χ3n) is 0.682. The third kappa shape index (κ3) is 80.1. The first kappa shape index (κ1) is 20.1. The van der Waals surface area contributed by atoms with E-state index in [4.69, 9.17) is 21.1 Å². The van der Waals surface area contributed by atoms with E-state index in [9.17, 15) is 9.59 Å². The van der Waals surface area contributed by atoms with Gasteiger partial charge in [-0.2, -0.15) is 0 Å². The van der Waals surface area contributed by atoms with Crippen molar-refractivity contribution in [1.29, 1.82) is 0 Å². The predicted octanol–water partition coefficient (Wildman–Crippen LogP) is 0.456. The lowest BCUT2D eigenvalue weighted by molar-refractivity contribution is -0.143. The molecule has 0 aliphatic heterocycles. The van der Waals surface area contributed by atoms with Crippen LogP contribution in [0.4, 0.5) is 0 Å². The zero-order valence-corrected chi connectivity index (χ0v) is 9.77. The van der Waals surface area contributed by atoms with Gasteiger partial charge in [-0.25, -0.2) is 0 Å². The fraction of sp³-hybridized carbons (Fsp3) is 0.600. The highest BCUT2D eigenvalue weighted by Gasteiger charge is 2.00. The Labute approximate surface area is 95.4 Å². The van der Waals surface area contributed by atoms with Crippen LogP contribution in [0, 0.1) is 0 Å². The number of aliphatic hydroxyl groups excluding tert-OH is 1. The van der Waals surface area contributed by atoms with Crippen molar-refractivity contribution in [3.8, 4) is 0 Å². The van der Waals surface area contributed by atoms with Gasteiger partial charge >= 0.3 is 11.9 Å². The second kappa shape index (κ2) is 16.0. The Balaban J connectivity index is -0.000000179. The van der Waals surface area contributed by atoms with Crippen LogP contribution in [-0.2, 0) is 9.59 Å². The summed E-state index contributed by atoms with van der Waals surface area (Å²) in [5, 5.41) is 23.5. The van der Waals surface area contributed by atoms with Crippen LogP contribution in [0.2, 0.25) is 0 Å². The summed E-state index contributed by atoms with van der Waals surface area (Å²) in [5.41, 5.74) is 5.94. The number of carboxylic acid groups (broad SMARTS) is 2. The summed E-state index contributed by atoms with van der Waals surface area (Å²) >= 11 is 0. The number of nitrogens with two attached hydrogens (primary N) is 1. The molecular formula is C10H21NO5. The predicted molar refractivity (Wildman–Crippen MR) is 61.1 cm³/mol. The molecule has 6 nitrogen and oxygen atoms in total. The molecule has 0 aromatic heterocycles. The van der Waals surface area contributed by atoms with Gasteiger partial charge in [-0.15, -0.1) is 6.58 Å². The van der Waals surface area contributed by atoms with Crippen molar-refractivity contribution in [3.63, 3.8) is 0 Å². The number of hydrogen-bond donors (Lipinski definition) is 4. The van der Waals surface area contributed by atoms with E-state index < -0.39 is 11.9 Å². The summed E-state index contributed by atoms with van der Waals surface area (Å²) in [6.07, 6.45) is -0.593. The Bertz CT molecular complexity index is 183. The molecule has 0 heterocycles. The Morgan fingerprint density at radius 3 is 1.38 bits per heavy atom. The molecule has 0 saturated carbocycles. The summed E-state index contributed by atoms with van der Waals surface area (Å²) < 4.78 is 0. The van der Waals surface area contributed by atoms with Crippen LogP contribution in [0.25, 0.3) is 0 Å². The Morgan fingerprint density at radius 2 is 1.31 bits per heavy atom. The van der Waals surface area contributed by atoms with E-state index in [1.165, 1.54) is 5.57 Å². The molecule has 0 atom stereocenters. The van der Waals surface area contributed by atoms with Gasteiger partial charge < -0.3 is 21.1 Å². The maximum Gasteiger partial charge on any atom is 0.303 e. The average Bonchev–Trinajstić information content (AvgIpc) is 2.14. The van der Waals surface area contributed by atoms with Gasteiger partial charge in [-0.3, -0.25) is 9.59 Å².